The van der Waals surface area contributed by atoms with Crippen LogP contribution in [0, 0.1) is 0 Å². The minimum atomic E-state index is -0.0570. The van der Waals surface area contributed by atoms with Gasteiger partial charge in [-0.25, -0.2) is 9.97 Å². The number of carbonyl (C=O) groups excluding carboxylic acids is 1. The Kier molecular flexibility index (Phi) is 4.90. The highest BCUT2D eigenvalue weighted by Crippen LogP contribution is 2.16. The molecule has 0 bridgehead atoms. The molecule has 7 heteroatoms. The molecule has 1 aromatic carbocycles. The van der Waals surface area contributed by atoms with Gasteiger partial charge in [0.2, 0.25) is 0 Å². The van der Waals surface area contributed by atoms with Crippen LogP contribution in [0.2, 0.25) is 0 Å². The van der Waals surface area contributed by atoms with Crippen molar-refractivity contribution >= 4 is 17.1 Å². The molecule has 7 nitrogen and oxygen atoms in total. The van der Waals surface area contributed by atoms with E-state index in [1.54, 1.807) is 12.5 Å². The van der Waals surface area contributed by atoms with E-state index >= 15 is 0 Å². The van der Waals surface area contributed by atoms with E-state index in [9.17, 15) is 4.79 Å². The lowest BCUT2D eigenvalue weighted by Crippen LogP contribution is -2.41. The van der Waals surface area contributed by atoms with Crippen molar-refractivity contribution in [2.45, 2.75) is 0 Å². The molecule has 2 aromatic heterocycles. The molecule has 3 heterocycles. The number of pyridine rings is 1. The minimum absolute atomic E-state index is 0.0570. The first-order valence-corrected chi connectivity index (χ1v) is 8.78. The van der Waals surface area contributed by atoms with Crippen molar-refractivity contribution < 1.29 is 9.53 Å². The van der Waals surface area contributed by atoms with E-state index in [0.29, 0.717) is 12.1 Å². The monoisotopic (exact) mass is 351 g/mol. The van der Waals surface area contributed by atoms with Gasteiger partial charge in [0.1, 0.15) is 11.8 Å². The normalized spacial score (nSPS) is 15.2. The predicted molar refractivity (Wildman–Crippen MR) is 98.5 cm³/mol. The highest BCUT2D eigenvalue weighted by molar-refractivity contribution is 5.94. The molecule has 26 heavy (non-hydrogen) atoms. The predicted octanol–water partition coefficient (Wildman–Crippen LogP) is 1.48. The van der Waals surface area contributed by atoms with Gasteiger partial charge in [-0.2, -0.15) is 0 Å². The second kappa shape index (κ2) is 7.63. The van der Waals surface area contributed by atoms with Crippen molar-refractivity contribution in [1.29, 1.82) is 0 Å². The quantitative estimate of drug-likeness (QED) is 0.754. The number of hydrogen-bond acceptors (Lipinski definition) is 5. The summed E-state index contributed by atoms with van der Waals surface area (Å²) in [5, 5.41) is 2.98. The van der Waals surface area contributed by atoms with Gasteiger partial charge in [-0.15, -0.1) is 0 Å². The van der Waals surface area contributed by atoms with E-state index in [2.05, 4.69) is 20.2 Å². The summed E-state index contributed by atoms with van der Waals surface area (Å²) in [6.45, 7) is 4.88. The Morgan fingerprint density at radius 2 is 1.92 bits per heavy atom. The molecular formula is C19H21N5O2. The first-order valence-electron chi connectivity index (χ1n) is 8.78. The average Bonchev–Trinajstić information content (AvgIpc) is 3.13. The number of hydrogen-bond donors (Lipinski definition) is 1. The summed E-state index contributed by atoms with van der Waals surface area (Å²) in [4.78, 5) is 23.3. The van der Waals surface area contributed by atoms with E-state index in [1.165, 1.54) is 0 Å². The molecule has 1 amide bonds. The minimum Gasteiger partial charge on any atom is -0.379 e. The van der Waals surface area contributed by atoms with E-state index in [0.717, 1.165) is 49.7 Å². The number of nitrogens with one attached hydrogen (secondary N) is 1. The lowest BCUT2D eigenvalue weighted by Gasteiger charge is -2.26. The van der Waals surface area contributed by atoms with Crippen LogP contribution in [0.5, 0.6) is 0 Å². The average molecular weight is 351 g/mol. The molecular weight excluding hydrogens is 330 g/mol. The molecule has 134 valence electrons. The summed E-state index contributed by atoms with van der Waals surface area (Å²) in [6.07, 6.45) is 3.49. The number of amides is 1. The summed E-state index contributed by atoms with van der Waals surface area (Å²) in [6, 6.07) is 11.3. The fourth-order valence-corrected chi connectivity index (χ4v) is 3.07. The largest absolute Gasteiger partial charge is 0.379 e. The van der Waals surface area contributed by atoms with Crippen LogP contribution in [0.1, 0.15) is 10.4 Å². The molecule has 0 aliphatic carbocycles. The summed E-state index contributed by atoms with van der Waals surface area (Å²) in [5.41, 5.74) is 3.22. The standard InChI is InChI=1S/C19H21N5O2/c25-19(21-8-9-23-10-12-26-13-11-23)15-3-5-16(6-4-15)24-14-22-17-2-1-7-20-18(17)24/h1-7,14H,8-13H2,(H,21,25). The van der Waals surface area contributed by atoms with Crippen molar-refractivity contribution in [3.63, 3.8) is 0 Å². The molecule has 3 aromatic rings. The third-order valence-corrected chi connectivity index (χ3v) is 4.53. The van der Waals surface area contributed by atoms with Crippen LogP contribution in [-0.2, 0) is 4.74 Å². The first kappa shape index (κ1) is 16.7. The van der Waals surface area contributed by atoms with Crippen LogP contribution >= 0.6 is 0 Å². The van der Waals surface area contributed by atoms with Crippen LogP contribution in [0.3, 0.4) is 0 Å². The molecule has 1 saturated heterocycles. The second-order valence-electron chi connectivity index (χ2n) is 6.22. The van der Waals surface area contributed by atoms with E-state index in [1.807, 2.05) is 41.0 Å². The number of benzene rings is 1. The molecule has 0 unspecified atom stereocenters. The van der Waals surface area contributed by atoms with Crippen LogP contribution in [0.4, 0.5) is 0 Å². The lowest BCUT2D eigenvalue weighted by atomic mass is 10.2. The first-order chi connectivity index (χ1) is 12.8. The van der Waals surface area contributed by atoms with Crippen molar-refractivity contribution in [3.05, 3.63) is 54.5 Å². The fourth-order valence-electron chi connectivity index (χ4n) is 3.07. The van der Waals surface area contributed by atoms with E-state index in [-0.39, 0.29) is 5.91 Å². The highest BCUT2D eigenvalue weighted by atomic mass is 16.5. The summed E-state index contributed by atoms with van der Waals surface area (Å²) in [7, 11) is 0. The fraction of sp³-hybridized carbons (Fsp3) is 0.316. The van der Waals surface area contributed by atoms with Gasteiger partial charge >= 0.3 is 0 Å². The second-order valence-corrected chi connectivity index (χ2v) is 6.22. The summed E-state index contributed by atoms with van der Waals surface area (Å²) >= 11 is 0. The van der Waals surface area contributed by atoms with Gasteiger partial charge in [0.05, 0.1) is 13.2 Å². The number of imidazole rings is 1. The number of ether oxygens (including phenoxy) is 1. The lowest BCUT2D eigenvalue weighted by molar-refractivity contribution is 0.0383. The Balaban J connectivity index is 1.38. The maximum absolute atomic E-state index is 12.3. The molecule has 0 spiro atoms. The van der Waals surface area contributed by atoms with Gasteiger partial charge in [0.25, 0.3) is 5.91 Å². The molecule has 4 rings (SSSR count). The highest BCUT2D eigenvalue weighted by Gasteiger charge is 2.11. The van der Waals surface area contributed by atoms with Gasteiger partial charge in [-0.3, -0.25) is 14.3 Å². The third-order valence-electron chi connectivity index (χ3n) is 4.53. The zero-order chi connectivity index (χ0) is 17.8. The van der Waals surface area contributed by atoms with Crippen LogP contribution in [-0.4, -0.2) is 64.7 Å². The van der Waals surface area contributed by atoms with Crippen molar-refractivity contribution in [3.8, 4) is 5.69 Å². The molecule has 0 atom stereocenters. The van der Waals surface area contributed by atoms with Crippen molar-refractivity contribution in [2.75, 3.05) is 39.4 Å². The van der Waals surface area contributed by atoms with E-state index in [4.69, 9.17) is 4.74 Å². The number of nitrogens with zero attached hydrogens (tertiary/aromatic N) is 4. The van der Waals surface area contributed by atoms with Gasteiger partial charge in [-0.05, 0) is 36.4 Å². The van der Waals surface area contributed by atoms with Crippen molar-refractivity contribution in [2.24, 2.45) is 0 Å². The zero-order valence-electron chi connectivity index (χ0n) is 14.5. The Morgan fingerprint density at radius 1 is 1.12 bits per heavy atom. The smallest absolute Gasteiger partial charge is 0.251 e. The summed E-state index contributed by atoms with van der Waals surface area (Å²) < 4.78 is 7.24. The number of morpholine rings is 1. The SMILES string of the molecule is O=C(NCCN1CCOCC1)c1ccc(-n2cnc3cccnc32)cc1. The Morgan fingerprint density at radius 3 is 2.73 bits per heavy atom. The Hall–Kier alpha value is -2.77. The van der Waals surface area contributed by atoms with Crippen LogP contribution in [0.25, 0.3) is 16.9 Å². The zero-order valence-corrected chi connectivity index (χ0v) is 14.5. The van der Waals surface area contributed by atoms with Crippen molar-refractivity contribution in [1.82, 2.24) is 24.8 Å². The van der Waals surface area contributed by atoms with Gasteiger partial charge in [0, 0.05) is 43.6 Å². The molecule has 0 radical (unpaired) electrons. The van der Waals surface area contributed by atoms with Gasteiger partial charge in [-0.1, -0.05) is 0 Å². The third kappa shape index (κ3) is 3.58. The Labute approximate surface area is 151 Å². The molecule has 0 saturated carbocycles. The summed E-state index contributed by atoms with van der Waals surface area (Å²) in [5.74, 6) is -0.0570. The van der Waals surface area contributed by atoms with Gasteiger partial charge < -0.3 is 10.1 Å². The number of aromatic nitrogens is 3. The molecule has 1 fully saturated rings. The number of carbonyl (C=O) groups is 1. The number of fused-ring (bicyclic) bond motifs is 1. The maximum Gasteiger partial charge on any atom is 0.251 e. The van der Waals surface area contributed by atoms with Crippen LogP contribution in [0.15, 0.2) is 48.9 Å². The number of rotatable bonds is 5. The molecule has 1 N–H and O–H groups in total. The van der Waals surface area contributed by atoms with Gasteiger partial charge in [0.15, 0.2) is 5.65 Å². The van der Waals surface area contributed by atoms with Crippen LogP contribution < -0.4 is 5.32 Å². The maximum atomic E-state index is 12.3. The Bertz CT molecular complexity index is 884. The topological polar surface area (TPSA) is 72.3 Å². The molecule has 1 aliphatic rings. The van der Waals surface area contributed by atoms with E-state index < -0.39 is 0 Å². The molecule has 1 aliphatic heterocycles.